The first-order chi connectivity index (χ1) is 9.72. The van der Waals surface area contributed by atoms with E-state index in [9.17, 15) is 8.78 Å². The molecule has 1 aromatic carbocycles. The van der Waals surface area contributed by atoms with E-state index in [-0.39, 0.29) is 0 Å². The zero-order chi connectivity index (χ0) is 13.9. The number of nitrogens with zero attached hydrogens (tertiary/aromatic N) is 1. The fourth-order valence-corrected chi connectivity index (χ4v) is 3.65. The summed E-state index contributed by atoms with van der Waals surface area (Å²) in [4.78, 5) is 2.40. The molecule has 2 unspecified atom stereocenters. The van der Waals surface area contributed by atoms with E-state index < -0.39 is 11.6 Å². The fourth-order valence-electron chi connectivity index (χ4n) is 3.65. The van der Waals surface area contributed by atoms with Crippen LogP contribution >= 0.6 is 0 Å². The minimum atomic E-state index is -0.479. The lowest BCUT2D eigenvalue weighted by atomic mass is 9.94. The Balaban J connectivity index is 1.72. The van der Waals surface area contributed by atoms with E-state index in [4.69, 9.17) is 0 Å². The molecule has 2 fully saturated rings. The predicted octanol–water partition coefficient (Wildman–Crippen LogP) is 3.07. The van der Waals surface area contributed by atoms with Crippen LogP contribution in [0.1, 0.15) is 37.7 Å². The van der Waals surface area contributed by atoms with E-state index >= 15 is 0 Å². The summed E-state index contributed by atoms with van der Waals surface area (Å²) in [5.41, 5.74) is 0.743. The molecule has 4 heteroatoms. The van der Waals surface area contributed by atoms with Gasteiger partial charge in [-0.25, -0.2) is 8.78 Å². The molecule has 1 N–H and O–H groups in total. The Bertz CT molecular complexity index is 438. The number of benzene rings is 1. The average molecular weight is 280 g/mol. The second-order valence-corrected chi connectivity index (χ2v) is 6.01. The molecule has 0 aromatic heterocycles. The molecule has 1 aromatic rings. The summed E-state index contributed by atoms with van der Waals surface area (Å²) < 4.78 is 26.6. The highest BCUT2D eigenvalue weighted by atomic mass is 19.1. The first-order valence-electron chi connectivity index (χ1n) is 7.65. The van der Waals surface area contributed by atoms with E-state index in [0.29, 0.717) is 18.6 Å². The van der Waals surface area contributed by atoms with Crippen molar-refractivity contribution in [3.63, 3.8) is 0 Å². The number of nitrogens with one attached hydrogen (secondary N) is 1. The average Bonchev–Trinajstić information content (AvgIpc) is 2.92. The van der Waals surface area contributed by atoms with Crippen molar-refractivity contribution < 1.29 is 8.78 Å². The van der Waals surface area contributed by atoms with Crippen molar-refractivity contribution in [3.05, 3.63) is 35.4 Å². The standard InChI is InChI=1S/C16H22F2N2/c17-13-8-12(9-14(18)10-13)11-20-7-2-1-5-16(20)15-4-3-6-19-15/h8-10,15-16,19H,1-7,11H2. The molecule has 2 aliphatic heterocycles. The van der Waals surface area contributed by atoms with Gasteiger partial charge < -0.3 is 5.32 Å². The molecule has 110 valence electrons. The molecule has 0 radical (unpaired) electrons. The van der Waals surface area contributed by atoms with Crippen molar-refractivity contribution in [3.8, 4) is 0 Å². The summed E-state index contributed by atoms with van der Waals surface area (Å²) >= 11 is 0. The lowest BCUT2D eigenvalue weighted by Gasteiger charge is -2.39. The Morgan fingerprint density at radius 3 is 2.55 bits per heavy atom. The van der Waals surface area contributed by atoms with Crippen molar-refractivity contribution >= 4 is 0 Å². The van der Waals surface area contributed by atoms with Gasteiger partial charge in [-0.15, -0.1) is 0 Å². The van der Waals surface area contributed by atoms with Crippen molar-refractivity contribution in [2.45, 2.75) is 50.7 Å². The first-order valence-corrected chi connectivity index (χ1v) is 7.65. The van der Waals surface area contributed by atoms with E-state index in [1.807, 2.05) is 0 Å². The molecule has 0 saturated carbocycles. The molecule has 0 aliphatic carbocycles. The van der Waals surface area contributed by atoms with Gasteiger partial charge in [0.1, 0.15) is 11.6 Å². The number of likely N-dealkylation sites (tertiary alicyclic amines) is 1. The summed E-state index contributed by atoms with van der Waals surface area (Å²) in [6.45, 7) is 2.78. The van der Waals surface area contributed by atoms with Crippen LogP contribution < -0.4 is 5.32 Å². The number of halogens is 2. The van der Waals surface area contributed by atoms with Crippen LogP contribution in [-0.2, 0) is 6.54 Å². The molecule has 2 heterocycles. The second-order valence-electron chi connectivity index (χ2n) is 6.01. The van der Waals surface area contributed by atoms with Crippen LogP contribution in [0.5, 0.6) is 0 Å². The van der Waals surface area contributed by atoms with Crippen LogP contribution in [0.3, 0.4) is 0 Å². The summed E-state index contributed by atoms with van der Waals surface area (Å²) in [5, 5.41) is 3.58. The van der Waals surface area contributed by atoms with E-state index in [2.05, 4.69) is 10.2 Å². The first kappa shape index (κ1) is 14.0. The van der Waals surface area contributed by atoms with Crippen molar-refractivity contribution in [1.82, 2.24) is 10.2 Å². The smallest absolute Gasteiger partial charge is 0.126 e. The molecule has 2 saturated heterocycles. The number of hydrogen-bond acceptors (Lipinski definition) is 2. The van der Waals surface area contributed by atoms with Gasteiger partial charge in [0.05, 0.1) is 0 Å². The third kappa shape index (κ3) is 3.18. The fraction of sp³-hybridized carbons (Fsp3) is 0.625. The monoisotopic (exact) mass is 280 g/mol. The molecule has 3 rings (SSSR count). The van der Waals surface area contributed by atoms with Crippen LogP contribution in [0.15, 0.2) is 18.2 Å². The zero-order valence-corrected chi connectivity index (χ0v) is 11.7. The van der Waals surface area contributed by atoms with Gasteiger partial charge in [0.2, 0.25) is 0 Å². The minimum Gasteiger partial charge on any atom is -0.312 e. The van der Waals surface area contributed by atoms with Crippen molar-refractivity contribution in [2.75, 3.05) is 13.1 Å². The number of rotatable bonds is 3. The van der Waals surface area contributed by atoms with Crippen LogP contribution in [0.25, 0.3) is 0 Å². The molecule has 2 aliphatic rings. The minimum absolute atomic E-state index is 0.479. The van der Waals surface area contributed by atoms with Crippen LogP contribution in [-0.4, -0.2) is 30.1 Å². The molecule has 0 amide bonds. The molecular formula is C16H22F2N2. The van der Waals surface area contributed by atoms with Crippen molar-refractivity contribution in [1.29, 1.82) is 0 Å². The largest absolute Gasteiger partial charge is 0.312 e. The molecule has 2 nitrogen and oxygen atoms in total. The van der Waals surface area contributed by atoms with Gasteiger partial charge >= 0.3 is 0 Å². The molecule has 0 spiro atoms. The highest BCUT2D eigenvalue weighted by molar-refractivity contribution is 5.18. The Hall–Kier alpha value is -1.00. The quantitative estimate of drug-likeness (QED) is 0.915. The SMILES string of the molecule is Fc1cc(F)cc(CN2CCCCC2C2CCCN2)c1. The van der Waals surface area contributed by atoms with Gasteiger partial charge in [-0.1, -0.05) is 6.42 Å². The van der Waals surface area contributed by atoms with E-state index in [1.54, 1.807) is 0 Å². The van der Waals surface area contributed by atoms with Crippen LogP contribution in [0.2, 0.25) is 0 Å². The summed E-state index contributed by atoms with van der Waals surface area (Å²) in [5.74, 6) is -0.958. The number of piperidine rings is 1. The number of hydrogen-bond donors (Lipinski definition) is 1. The van der Waals surface area contributed by atoms with Gasteiger partial charge in [0.25, 0.3) is 0 Å². The van der Waals surface area contributed by atoms with Gasteiger partial charge in [0.15, 0.2) is 0 Å². The predicted molar refractivity (Wildman–Crippen MR) is 75.4 cm³/mol. The Kier molecular flexibility index (Phi) is 4.32. The van der Waals surface area contributed by atoms with Crippen LogP contribution in [0.4, 0.5) is 8.78 Å². The molecule has 0 bridgehead atoms. The van der Waals surface area contributed by atoms with Gasteiger partial charge in [0, 0.05) is 24.7 Å². The third-order valence-electron chi connectivity index (χ3n) is 4.54. The molecule has 20 heavy (non-hydrogen) atoms. The Labute approximate surface area is 119 Å². The maximum absolute atomic E-state index is 13.3. The summed E-state index contributed by atoms with van der Waals surface area (Å²) in [6.07, 6.45) is 6.09. The summed E-state index contributed by atoms with van der Waals surface area (Å²) in [6, 6.07) is 4.91. The van der Waals surface area contributed by atoms with Crippen molar-refractivity contribution in [2.24, 2.45) is 0 Å². The topological polar surface area (TPSA) is 15.3 Å². The van der Waals surface area contributed by atoms with Gasteiger partial charge in [-0.2, -0.15) is 0 Å². The summed E-state index contributed by atoms with van der Waals surface area (Å²) in [7, 11) is 0. The highest BCUT2D eigenvalue weighted by Crippen LogP contribution is 2.26. The normalized spacial score (nSPS) is 27.9. The lowest BCUT2D eigenvalue weighted by molar-refractivity contribution is 0.112. The van der Waals surface area contributed by atoms with Gasteiger partial charge in [-0.05, 0) is 56.5 Å². The molecule has 2 atom stereocenters. The Morgan fingerprint density at radius 1 is 1.05 bits per heavy atom. The van der Waals surface area contributed by atoms with Crippen LogP contribution in [0, 0.1) is 11.6 Å². The van der Waals surface area contributed by atoms with E-state index in [0.717, 1.165) is 24.7 Å². The lowest BCUT2D eigenvalue weighted by Crippen LogP contribution is -2.49. The maximum Gasteiger partial charge on any atom is 0.126 e. The second kappa shape index (κ2) is 6.19. The zero-order valence-electron chi connectivity index (χ0n) is 11.7. The van der Waals surface area contributed by atoms with Gasteiger partial charge in [-0.3, -0.25) is 4.90 Å². The van der Waals surface area contributed by atoms with E-state index in [1.165, 1.54) is 44.2 Å². The third-order valence-corrected chi connectivity index (χ3v) is 4.54. The highest BCUT2D eigenvalue weighted by Gasteiger charge is 2.31. The Morgan fingerprint density at radius 2 is 1.85 bits per heavy atom. The maximum atomic E-state index is 13.3. The molecular weight excluding hydrogens is 258 g/mol.